The predicted molar refractivity (Wildman–Crippen MR) is 118 cm³/mol. The summed E-state index contributed by atoms with van der Waals surface area (Å²) in [5.74, 6) is -0.280. The summed E-state index contributed by atoms with van der Waals surface area (Å²) in [6.07, 6.45) is 8.36. The van der Waals surface area contributed by atoms with Crippen LogP contribution in [0.5, 0.6) is 0 Å². The average molecular weight is 435 g/mol. The van der Waals surface area contributed by atoms with E-state index in [1.807, 2.05) is 6.07 Å². The first-order valence-corrected chi connectivity index (χ1v) is 10.7. The molecule has 4 rings (SSSR count). The van der Waals surface area contributed by atoms with Gasteiger partial charge in [0.1, 0.15) is 6.33 Å². The fraction of sp³-hybridized carbons (Fsp3) is 0.591. The maximum absolute atomic E-state index is 13.0. The van der Waals surface area contributed by atoms with Crippen LogP contribution in [-0.4, -0.2) is 50.5 Å². The number of nitrogens with zero attached hydrogens (tertiary/aromatic N) is 4. The van der Waals surface area contributed by atoms with Gasteiger partial charge in [-0.05, 0) is 81.2 Å². The highest BCUT2D eigenvalue weighted by Crippen LogP contribution is 2.33. The molecule has 1 aromatic carbocycles. The summed E-state index contributed by atoms with van der Waals surface area (Å²) in [5, 5.41) is 13.3. The number of fused-ring (bicyclic) bond motifs is 1. The van der Waals surface area contributed by atoms with E-state index in [1.165, 1.54) is 11.1 Å². The molecule has 0 spiro atoms. The van der Waals surface area contributed by atoms with Crippen LogP contribution in [-0.2, 0) is 17.6 Å². The van der Waals surface area contributed by atoms with Crippen molar-refractivity contribution in [3.63, 3.8) is 0 Å². The van der Waals surface area contributed by atoms with Crippen LogP contribution in [0.3, 0.4) is 0 Å². The van der Waals surface area contributed by atoms with Crippen LogP contribution in [0.1, 0.15) is 55.7 Å². The Morgan fingerprint density at radius 3 is 2.53 bits per heavy atom. The Morgan fingerprint density at radius 1 is 1.13 bits per heavy atom. The normalized spacial score (nSPS) is 22.0. The van der Waals surface area contributed by atoms with E-state index < -0.39 is 5.97 Å². The number of aromatic nitrogens is 3. The van der Waals surface area contributed by atoms with Crippen molar-refractivity contribution in [2.45, 2.75) is 57.4 Å². The Balaban J connectivity index is 0.00000256. The molecule has 0 amide bonds. The lowest BCUT2D eigenvalue weighted by Gasteiger charge is -2.27. The second-order valence-electron chi connectivity index (χ2n) is 8.59. The van der Waals surface area contributed by atoms with E-state index in [1.54, 1.807) is 15.6 Å². The minimum atomic E-state index is -0.727. The number of benzene rings is 1. The third-order valence-corrected chi connectivity index (χ3v) is 6.62. The molecule has 0 atom stereocenters. The van der Waals surface area contributed by atoms with Gasteiger partial charge in [-0.3, -0.25) is 4.79 Å². The second-order valence-corrected chi connectivity index (χ2v) is 8.59. The van der Waals surface area contributed by atoms with Gasteiger partial charge in [0.15, 0.2) is 0 Å². The number of carboxylic acid groups (broad SMARTS) is 1. The van der Waals surface area contributed by atoms with Crippen LogP contribution >= 0.6 is 12.4 Å². The summed E-state index contributed by atoms with van der Waals surface area (Å²) < 4.78 is 3.29. The number of likely N-dealkylation sites (N-methyl/N-ethyl adjacent to an activating group) is 1. The van der Waals surface area contributed by atoms with E-state index >= 15 is 0 Å². The second kappa shape index (κ2) is 9.79. The number of hydrogen-bond donors (Lipinski definition) is 1. The molecule has 8 heteroatoms. The Labute approximate surface area is 183 Å². The SMILES string of the molecule is CN1CCc2ccc(-n3cnn(C4CCC(CCC(=O)O)CC4)c3=O)cc2CC1.Cl. The quantitative estimate of drug-likeness (QED) is 0.782. The summed E-state index contributed by atoms with van der Waals surface area (Å²) in [4.78, 5) is 26.1. The maximum Gasteiger partial charge on any atom is 0.350 e. The van der Waals surface area contributed by atoms with Crippen LogP contribution in [0.2, 0.25) is 0 Å². The van der Waals surface area contributed by atoms with Crippen molar-refractivity contribution in [3.05, 3.63) is 46.1 Å². The standard InChI is InChI=1S/C22H30N4O3.ClH/c1-24-12-10-17-5-8-20(14-18(17)11-13-24)25-15-23-26(22(25)29)19-6-2-16(3-7-19)4-9-21(27)28;/h5,8,14-16,19H,2-4,6-7,9-13H2,1H3,(H,27,28);1H. The molecule has 30 heavy (non-hydrogen) atoms. The summed E-state index contributed by atoms with van der Waals surface area (Å²) in [6, 6.07) is 6.44. The van der Waals surface area contributed by atoms with Gasteiger partial charge in [-0.2, -0.15) is 5.10 Å². The van der Waals surface area contributed by atoms with Gasteiger partial charge < -0.3 is 10.0 Å². The molecule has 1 N–H and O–H groups in total. The monoisotopic (exact) mass is 434 g/mol. The number of halogens is 1. The van der Waals surface area contributed by atoms with Crippen molar-refractivity contribution >= 4 is 18.4 Å². The summed E-state index contributed by atoms with van der Waals surface area (Å²) >= 11 is 0. The first kappa shape index (κ1) is 22.6. The number of carboxylic acids is 1. The van der Waals surface area contributed by atoms with E-state index in [9.17, 15) is 9.59 Å². The van der Waals surface area contributed by atoms with Gasteiger partial charge in [0.2, 0.25) is 0 Å². The predicted octanol–water partition coefficient (Wildman–Crippen LogP) is 3.08. The highest BCUT2D eigenvalue weighted by molar-refractivity contribution is 5.85. The van der Waals surface area contributed by atoms with Crippen LogP contribution in [0.4, 0.5) is 0 Å². The van der Waals surface area contributed by atoms with Gasteiger partial charge in [0.05, 0.1) is 11.7 Å². The van der Waals surface area contributed by atoms with Gasteiger partial charge in [-0.1, -0.05) is 6.07 Å². The molecule has 1 aliphatic heterocycles. The van der Waals surface area contributed by atoms with Gasteiger partial charge >= 0.3 is 11.7 Å². The van der Waals surface area contributed by atoms with Gasteiger partial charge in [0, 0.05) is 19.5 Å². The Kier molecular flexibility index (Phi) is 7.36. The molecule has 7 nitrogen and oxygen atoms in total. The Bertz CT molecular complexity index is 931. The van der Waals surface area contributed by atoms with Crippen molar-refractivity contribution in [1.82, 2.24) is 19.2 Å². The van der Waals surface area contributed by atoms with Crippen molar-refractivity contribution in [1.29, 1.82) is 0 Å². The van der Waals surface area contributed by atoms with Gasteiger partial charge in [0.25, 0.3) is 0 Å². The molecular weight excluding hydrogens is 404 g/mol. The third kappa shape index (κ3) is 4.95. The zero-order chi connectivity index (χ0) is 20.4. The lowest BCUT2D eigenvalue weighted by Crippen LogP contribution is -2.30. The van der Waals surface area contributed by atoms with Crippen LogP contribution in [0.15, 0.2) is 29.3 Å². The highest BCUT2D eigenvalue weighted by atomic mass is 35.5. The third-order valence-electron chi connectivity index (χ3n) is 6.62. The van der Waals surface area contributed by atoms with Crippen molar-refractivity contribution < 1.29 is 9.90 Å². The average Bonchev–Trinajstić information content (AvgIpc) is 3.00. The molecule has 0 bridgehead atoms. The largest absolute Gasteiger partial charge is 0.481 e. The fourth-order valence-corrected chi connectivity index (χ4v) is 4.72. The highest BCUT2D eigenvalue weighted by Gasteiger charge is 2.25. The zero-order valence-electron chi connectivity index (χ0n) is 17.5. The van der Waals surface area contributed by atoms with E-state index in [2.05, 4.69) is 29.2 Å². The van der Waals surface area contributed by atoms with Crippen molar-refractivity contribution in [2.75, 3.05) is 20.1 Å². The molecule has 0 saturated heterocycles. The summed E-state index contributed by atoms with van der Waals surface area (Å²) in [5.41, 5.74) is 3.51. The van der Waals surface area contributed by atoms with Crippen LogP contribution in [0.25, 0.3) is 5.69 Å². The molecule has 1 saturated carbocycles. The molecular formula is C22H31ClN4O3. The molecule has 2 aliphatic rings. The first-order chi connectivity index (χ1) is 14.0. The molecule has 2 aromatic rings. The van der Waals surface area contributed by atoms with Crippen molar-refractivity contribution in [3.8, 4) is 5.69 Å². The zero-order valence-corrected chi connectivity index (χ0v) is 18.3. The van der Waals surface area contributed by atoms with Crippen molar-refractivity contribution in [2.24, 2.45) is 5.92 Å². The molecule has 164 valence electrons. The lowest BCUT2D eigenvalue weighted by atomic mass is 9.83. The molecule has 0 radical (unpaired) electrons. The Morgan fingerprint density at radius 2 is 1.83 bits per heavy atom. The number of hydrogen-bond acceptors (Lipinski definition) is 4. The van der Waals surface area contributed by atoms with E-state index in [-0.39, 0.29) is 30.6 Å². The smallest absolute Gasteiger partial charge is 0.350 e. The Hall–Kier alpha value is -2.12. The number of carbonyl (C=O) groups is 1. The van der Waals surface area contributed by atoms with Crippen LogP contribution in [0, 0.1) is 5.92 Å². The number of rotatable bonds is 5. The lowest BCUT2D eigenvalue weighted by molar-refractivity contribution is -0.137. The molecule has 1 aliphatic carbocycles. The minimum absolute atomic E-state index is 0. The summed E-state index contributed by atoms with van der Waals surface area (Å²) in [6.45, 7) is 2.11. The van der Waals surface area contributed by atoms with E-state index in [4.69, 9.17) is 5.11 Å². The topological polar surface area (TPSA) is 80.4 Å². The molecule has 1 fully saturated rings. The summed E-state index contributed by atoms with van der Waals surface area (Å²) in [7, 11) is 2.15. The molecule has 1 aromatic heterocycles. The number of aliphatic carboxylic acids is 1. The van der Waals surface area contributed by atoms with Crippen LogP contribution < -0.4 is 5.69 Å². The fourth-order valence-electron chi connectivity index (χ4n) is 4.72. The van der Waals surface area contributed by atoms with E-state index in [0.717, 1.165) is 63.7 Å². The molecule has 2 heterocycles. The first-order valence-electron chi connectivity index (χ1n) is 10.7. The van der Waals surface area contributed by atoms with Gasteiger partial charge in [-0.15, -0.1) is 12.4 Å². The minimum Gasteiger partial charge on any atom is -0.481 e. The van der Waals surface area contributed by atoms with E-state index in [0.29, 0.717) is 5.92 Å². The van der Waals surface area contributed by atoms with Gasteiger partial charge in [-0.25, -0.2) is 14.0 Å². The molecule has 0 unspecified atom stereocenters. The maximum atomic E-state index is 13.0.